The molecule has 7 heteroatoms. The molecule has 2 aromatic rings. The number of carbonyl (C=O) groups is 1. The number of esters is 1. The van der Waals surface area contributed by atoms with Gasteiger partial charge in [-0.3, -0.25) is 4.31 Å². The Morgan fingerprint density at radius 3 is 2.33 bits per heavy atom. The van der Waals surface area contributed by atoms with Gasteiger partial charge in [-0.15, -0.1) is 0 Å². The molecular formula is C20H25NO5S. The summed E-state index contributed by atoms with van der Waals surface area (Å²) in [4.78, 5) is 12.0. The van der Waals surface area contributed by atoms with Gasteiger partial charge in [0.05, 0.1) is 30.7 Å². The Hall–Kier alpha value is -2.38. The topological polar surface area (TPSA) is 83.9 Å². The van der Waals surface area contributed by atoms with Crippen LogP contribution in [0.15, 0.2) is 48.5 Å². The van der Waals surface area contributed by atoms with E-state index >= 15 is 0 Å². The zero-order chi connectivity index (χ0) is 20.2. The van der Waals surface area contributed by atoms with Gasteiger partial charge in [0.15, 0.2) is 0 Å². The lowest BCUT2D eigenvalue weighted by atomic mass is 9.91. The van der Waals surface area contributed by atoms with Gasteiger partial charge in [0, 0.05) is 7.05 Å². The minimum atomic E-state index is -3.51. The van der Waals surface area contributed by atoms with Crippen molar-refractivity contribution in [2.75, 3.05) is 24.7 Å². The predicted molar refractivity (Wildman–Crippen MR) is 105 cm³/mol. The highest BCUT2D eigenvalue weighted by atomic mass is 32.2. The molecule has 0 bridgehead atoms. The molecular weight excluding hydrogens is 366 g/mol. The third kappa shape index (κ3) is 5.30. The number of aliphatic hydroxyl groups is 1. The number of anilines is 1. The SMILES string of the molecule is COC(=O)c1cc(C(O)CC(C)c2ccccc2)cc(N(C)S(C)(=O)=O)c1. The number of hydrogen-bond acceptors (Lipinski definition) is 5. The molecule has 2 rings (SSSR count). The first-order valence-electron chi connectivity index (χ1n) is 8.53. The second-order valence-corrected chi connectivity index (χ2v) is 8.61. The fourth-order valence-corrected chi connectivity index (χ4v) is 3.31. The normalized spacial score (nSPS) is 13.7. The summed E-state index contributed by atoms with van der Waals surface area (Å²) in [5.74, 6) is -0.512. The van der Waals surface area contributed by atoms with Crippen LogP contribution in [0.3, 0.4) is 0 Å². The first kappa shape index (κ1) is 20.9. The molecule has 0 amide bonds. The van der Waals surface area contributed by atoms with Gasteiger partial charge in [-0.05, 0) is 41.7 Å². The standard InChI is InChI=1S/C20H25NO5S/c1-14(15-8-6-5-7-9-15)10-19(22)16-11-17(20(23)26-3)13-18(12-16)21(2)27(4,24)25/h5-9,11-14,19,22H,10H2,1-4H3. The number of ether oxygens (including phenoxy) is 1. The molecule has 6 nitrogen and oxygen atoms in total. The zero-order valence-electron chi connectivity index (χ0n) is 15.9. The zero-order valence-corrected chi connectivity index (χ0v) is 16.7. The van der Waals surface area contributed by atoms with E-state index in [1.165, 1.54) is 26.3 Å². The lowest BCUT2D eigenvalue weighted by Crippen LogP contribution is -2.25. The van der Waals surface area contributed by atoms with Crippen molar-refractivity contribution in [2.24, 2.45) is 0 Å². The van der Waals surface area contributed by atoms with Crippen LogP contribution in [0.2, 0.25) is 0 Å². The number of aliphatic hydroxyl groups excluding tert-OH is 1. The van der Waals surface area contributed by atoms with E-state index in [2.05, 4.69) is 0 Å². The fourth-order valence-electron chi connectivity index (χ4n) is 2.82. The van der Waals surface area contributed by atoms with E-state index in [4.69, 9.17) is 4.74 Å². The molecule has 0 heterocycles. The highest BCUT2D eigenvalue weighted by molar-refractivity contribution is 7.92. The molecule has 0 fully saturated rings. The van der Waals surface area contributed by atoms with E-state index in [-0.39, 0.29) is 11.5 Å². The van der Waals surface area contributed by atoms with E-state index in [9.17, 15) is 18.3 Å². The lowest BCUT2D eigenvalue weighted by Gasteiger charge is -2.22. The van der Waals surface area contributed by atoms with Gasteiger partial charge < -0.3 is 9.84 Å². The predicted octanol–water partition coefficient (Wildman–Crippen LogP) is 3.10. The average molecular weight is 391 g/mol. The molecule has 0 spiro atoms. The molecule has 1 N–H and O–H groups in total. The molecule has 0 saturated heterocycles. The Morgan fingerprint density at radius 1 is 1.15 bits per heavy atom. The first-order chi connectivity index (χ1) is 12.6. The minimum absolute atomic E-state index is 0.0825. The van der Waals surface area contributed by atoms with Crippen molar-refractivity contribution >= 4 is 21.7 Å². The lowest BCUT2D eigenvalue weighted by molar-refractivity contribution is 0.0600. The molecule has 2 atom stereocenters. The van der Waals surface area contributed by atoms with Crippen LogP contribution in [-0.2, 0) is 14.8 Å². The van der Waals surface area contributed by atoms with Gasteiger partial charge in [-0.1, -0.05) is 37.3 Å². The number of rotatable bonds is 7. The summed E-state index contributed by atoms with van der Waals surface area (Å²) < 4.78 is 29.6. The van der Waals surface area contributed by atoms with Crippen molar-refractivity contribution in [1.82, 2.24) is 0 Å². The number of benzene rings is 2. The van der Waals surface area contributed by atoms with Crippen molar-refractivity contribution in [2.45, 2.75) is 25.4 Å². The van der Waals surface area contributed by atoms with Gasteiger partial charge >= 0.3 is 5.97 Å². The number of carbonyl (C=O) groups excluding carboxylic acids is 1. The summed E-state index contributed by atoms with van der Waals surface area (Å²) in [5.41, 5.74) is 2.04. The number of nitrogens with zero attached hydrogens (tertiary/aromatic N) is 1. The summed E-state index contributed by atoms with van der Waals surface area (Å²) in [6.07, 6.45) is 0.638. The van der Waals surface area contributed by atoms with Crippen LogP contribution in [0.1, 0.15) is 46.9 Å². The summed E-state index contributed by atoms with van der Waals surface area (Å²) >= 11 is 0. The smallest absolute Gasteiger partial charge is 0.337 e. The molecule has 0 aliphatic heterocycles. The molecule has 0 aliphatic rings. The summed E-state index contributed by atoms with van der Waals surface area (Å²) in [5, 5.41) is 10.7. The van der Waals surface area contributed by atoms with Crippen LogP contribution in [-0.4, -0.2) is 39.9 Å². The molecule has 2 aromatic carbocycles. The number of hydrogen-bond donors (Lipinski definition) is 1. The molecule has 0 radical (unpaired) electrons. The van der Waals surface area contributed by atoms with Crippen LogP contribution in [0.4, 0.5) is 5.69 Å². The molecule has 0 aromatic heterocycles. The van der Waals surface area contributed by atoms with Crippen LogP contribution in [0.25, 0.3) is 0 Å². The Morgan fingerprint density at radius 2 is 1.78 bits per heavy atom. The Kier molecular flexibility index (Phi) is 6.62. The van der Waals surface area contributed by atoms with E-state index in [0.717, 1.165) is 16.1 Å². The second-order valence-electron chi connectivity index (χ2n) is 6.60. The van der Waals surface area contributed by atoms with Crippen molar-refractivity contribution < 1.29 is 23.1 Å². The van der Waals surface area contributed by atoms with Crippen LogP contribution >= 0.6 is 0 Å². The highest BCUT2D eigenvalue weighted by Crippen LogP contribution is 2.31. The average Bonchev–Trinajstić information content (AvgIpc) is 2.66. The van der Waals surface area contributed by atoms with E-state index < -0.39 is 22.1 Å². The van der Waals surface area contributed by atoms with E-state index in [1.54, 1.807) is 6.07 Å². The third-order valence-corrected chi connectivity index (χ3v) is 5.76. The largest absolute Gasteiger partial charge is 0.465 e. The molecule has 0 aliphatic carbocycles. The van der Waals surface area contributed by atoms with Crippen LogP contribution in [0.5, 0.6) is 0 Å². The number of methoxy groups -OCH3 is 1. The third-order valence-electron chi connectivity index (χ3n) is 4.55. The molecule has 146 valence electrons. The van der Waals surface area contributed by atoms with Crippen LogP contribution < -0.4 is 4.31 Å². The van der Waals surface area contributed by atoms with E-state index in [0.29, 0.717) is 17.7 Å². The van der Waals surface area contributed by atoms with Gasteiger partial charge in [0.2, 0.25) is 10.0 Å². The Bertz CT molecular complexity index is 896. The van der Waals surface area contributed by atoms with E-state index in [1.807, 2.05) is 37.3 Å². The van der Waals surface area contributed by atoms with Crippen molar-refractivity contribution in [3.05, 3.63) is 65.2 Å². The summed E-state index contributed by atoms with van der Waals surface area (Å²) in [6, 6.07) is 14.3. The number of sulfonamides is 1. The van der Waals surface area contributed by atoms with Crippen molar-refractivity contribution in [1.29, 1.82) is 0 Å². The monoisotopic (exact) mass is 391 g/mol. The summed E-state index contributed by atoms with van der Waals surface area (Å²) in [6.45, 7) is 2.01. The first-order valence-corrected chi connectivity index (χ1v) is 10.4. The maximum atomic E-state index is 12.0. The maximum Gasteiger partial charge on any atom is 0.337 e. The molecule has 0 saturated carbocycles. The van der Waals surface area contributed by atoms with Crippen LogP contribution in [0, 0.1) is 0 Å². The Balaban J connectivity index is 2.37. The van der Waals surface area contributed by atoms with Gasteiger partial charge in [0.25, 0.3) is 0 Å². The van der Waals surface area contributed by atoms with Gasteiger partial charge in [-0.25, -0.2) is 13.2 Å². The van der Waals surface area contributed by atoms with Crippen molar-refractivity contribution in [3.8, 4) is 0 Å². The van der Waals surface area contributed by atoms with Crippen molar-refractivity contribution in [3.63, 3.8) is 0 Å². The highest BCUT2D eigenvalue weighted by Gasteiger charge is 2.20. The second kappa shape index (κ2) is 8.54. The fraction of sp³-hybridized carbons (Fsp3) is 0.350. The maximum absolute atomic E-state index is 12.0. The molecule has 27 heavy (non-hydrogen) atoms. The minimum Gasteiger partial charge on any atom is -0.465 e. The quantitative estimate of drug-likeness (QED) is 0.733. The van der Waals surface area contributed by atoms with Gasteiger partial charge in [-0.2, -0.15) is 0 Å². The van der Waals surface area contributed by atoms with Gasteiger partial charge in [0.1, 0.15) is 0 Å². The molecule has 2 unspecified atom stereocenters. The Labute approximate surface area is 160 Å². The summed E-state index contributed by atoms with van der Waals surface area (Å²) in [7, 11) is -0.864.